The Morgan fingerprint density at radius 3 is 2.43 bits per heavy atom. The highest BCUT2D eigenvalue weighted by molar-refractivity contribution is 5.76. The van der Waals surface area contributed by atoms with Crippen molar-refractivity contribution in [2.45, 2.75) is 32.1 Å². The fraction of sp³-hybridized carbons (Fsp3) is 0.867. The molecular weight excluding hydrogens is 270 g/mol. The van der Waals surface area contributed by atoms with E-state index in [2.05, 4.69) is 10.2 Å². The van der Waals surface area contributed by atoms with Crippen LogP contribution in [0.2, 0.25) is 0 Å². The Hall–Kier alpha value is -1.30. The zero-order valence-electron chi connectivity index (χ0n) is 13.0. The van der Waals surface area contributed by atoms with Gasteiger partial charge in [0.15, 0.2) is 0 Å². The van der Waals surface area contributed by atoms with Crippen molar-refractivity contribution in [2.75, 3.05) is 46.4 Å². The van der Waals surface area contributed by atoms with Crippen LogP contribution < -0.4 is 5.32 Å². The van der Waals surface area contributed by atoms with Crippen LogP contribution in [0.3, 0.4) is 0 Å². The number of hydrogen-bond donors (Lipinski definition) is 1. The molecule has 1 heterocycles. The molecular formula is C15H27N3O3. The molecule has 0 unspecified atom stereocenters. The van der Waals surface area contributed by atoms with E-state index in [1.54, 1.807) is 4.90 Å². The molecule has 0 aromatic rings. The average molecular weight is 297 g/mol. The van der Waals surface area contributed by atoms with E-state index in [-0.39, 0.29) is 12.0 Å². The van der Waals surface area contributed by atoms with E-state index in [1.165, 1.54) is 32.8 Å². The van der Waals surface area contributed by atoms with Crippen LogP contribution in [0.5, 0.6) is 0 Å². The first-order valence-corrected chi connectivity index (χ1v) is 8.01. The third-order valence-electron chi connectivity index (χ3n) is 4.50. The molecule has 0 aromatic heterocycles. The van der Waals surface area contributed by atoms with Gasteiger partial charge in [0.25, 0.3) is 0 Å². The highest BCUT2D eigenvalue weighted by Crippen LogP contribution is 2.27. The number of piperazine rings is 1. The van der Waals surface area contributed by atoms with Gasteiger partial charge < -0.3 is 15.0 Å². The lowest BCUT2D eigenvalue weighted by atomic mass is 10.0. The lowest BCUT2D eigenvalue weighted by Gasteiger charge is -2.33. The molecule has 0 atom stereocenters. The summed E-state index contributed by atoms with van der Waals surface area (Å²) in [6.07, 6.45) is 5.42. The number of nitrogens with zero attached hydrogens (tertiary/aromatic N) is 2. The van der Waals surface area contributed by atoms with Gasteiger partial charge in [0.05, 0.1) is 7.11 Å². The topological polar surface area (TPSA) is 61.9 Å². The molecule has 1 N–H and O–H groups in total. The molecule has 0 radical (unpaired) electrons. The molecule has 0 spiro atoms. The summed E-state index contributed by atoms with van der Waals surface area (Å²) in [6, 6.07) is 0. The molecule has 0 aromatic carbocycles. The summed E-state index contributed by atoms with van der Waals surface area (Å²) in [5.74, 6) is 0.795. The second-order valence-corrected chi connectivity index (χ2v) is 6.00. The highest BCUT2D eigenvalue weighted by atomic mass is 16.5. The summed E-state index contributed by atoms with van der Waals surface area (Å²) in [6.45, 7) is 4.63. The predicted molar refractivity (Wildman–Crippen MR) is 80.0 cm³/mol. The first kappa shape index (κ1) is 16.1. The van der Waals surface area contributed by atoms with Gasteiger partial charge in [0.1, 0.15) is 0 Å². The summed E-state index contributed by atoms with van der Waals surface area (Å²) < 4.78 is 4.71. The summed E-state index contributed by atoms with van der Waals surface area (Å²) in [5.41, 5.74) is 0. The molecule has 2 aliphatic rings. The number of ether oxygens (including phenoxy) is 1. The Bertz CT molecular complexity index is 348. The van der Waals surface area contributed by atoms with E-state index in [4.69, 9.17) is 4.74 Å². The van der Waals surface area contributed by atoms with E-state index >= 15 is 0 Å². The van der Waals surface area contributed by atoms with Gasteiger partial charge in [-0.1, -0.05) is 12.8 Å². The second kappa shape index (κ2) is 8.22. The molecule has 6 nitrogen and oxygen atoms in total. The van der Waals surface area contributed by atoms with Gasteiger partial charge in [-0.25, -0.2) is 4.79 Å². The molecule has 2 rings (SSSR count). The molecule has 6 heteroatoms. The first-order valence-electron chi connectivity index (χ1n) is 8.01. The quantitative estimate of drug-likeness (QED) is 0.824. The van der Waals surface area contributed by atoms with Crippen LogP contribution in [0.1, 0.15) is 32.1 Å². The molecule has 1 aliphatic heterocycles. The van der Waals surface area contributed by atoms with Gasteiger partial charge >= 0.3 is 6.09 Å². The maximum absolute atomic E-state index is 11.8. The van der Waals surface area contributed by atoms with E-state index in [0.29, 0.717) is 32.0 Å². The van der Waals surface area contributed by atoms with Crippen LogP contribution in [-0.2, 0) is 9.53 Å². The van der Waals surface area contributed by atoms with Crippen molar-refractivity contribution in [2.24, 2.45) is 5.92 Å². The van der Waals surface area contributed by atoms with E-state index in [9.17, 15) is 9.59 Å². The minimum Gasteiger partial charge on any atom is -0.453 e. The summed E-state index contributed by atoms with van der Waals surface area (Å²) in [4.78, 5) is 27.2. The SMILES string of the molecule is COC(=O)N1CCN(CCNC(=O)CC2CCCC2)CC1. The van der Waals surface area contributed by atoms with Gasteiger partial charge in [-0.15, -0.1) is 0 Å². The van der Waals surface area contributed by atoms with Crippen molar-refractivity contribution in [1.29, 1.82) is 0 Å². The van der Waals surface area contributed by atoms with Gasteiger partial charge in [-0.2, -0.15) is 0 Å². The monoisotopic (exact) mass is 297 g/mol. The van der Waals surface area contributed by atoms with E-state index in [0.717, 1.165) is 19.6 Å². The summed E-state index contributed by atoms with van der Waals surface area (Å²) >= 11 is 0. The van der Waals surface area contributed by atoms with Crippen molar-refractivity contribution in [3.8, 4) is 0 Å². The Morgan fingerprint density at radius 2 is 1.81 bits per heavy atom. The van der Waals surface area contributed by atoms with E-state index < -0.39 is 0 Å². The smallest absolute Gasteiger partial charge is 0.409 e. The van der Waals surface area contributed by atoms with Crippen LogP contribution in [-0.4, -0.2) is 68.2 Å². The van der Waals surface area contributed by atoms with Crippen LogP contribution >= 0.6 is 0 Å². The van der Waals surface area contributed by atoms with Crippen molar-refractivity contribution in [3.05, 3.63) is 0 Å². The van der Waals surface area contributed by atoms with Crippen LogP contribution in [0.25, 0.3) is 0 Å². The Morgan fingerprint density at radius 1 is 1.14 bits per heavy atom. The summed E-state index contributed by atoms with van der Waals surface area (Å²) in [7, 11) is 1.41. The number of hydrogen-bond acceptors (Lipinski definition) is 4. The van der Waals surface area contributed by atoms with Crippen molar-refractivity contribution >= 4 is 12.0 Å². The van der Waals surface area contributed by atoms with Gasteiger partial charge in [0.2, 0.25) is 5.91 Å². The van der Waals surface area contributed by atoms with Gasteiger partial charge in [-0.3, -0.25) is 9.69 Å². The molecule has 21 heavy (non-hydrogen) atoms. The predicted octanol–water partition coefficient (Wildman–Crippen LogP) is 1.07. The summed E-state index contributed by atoms with van der Waals surface area (Å²) in [5, 5.41) is 3.02. The molecule has 120 valence electrons. The molecule has 1 aliphatic carbocycles. The Balaban J connectivity index is 1.55. The minimum absolute atomic E-state index is 0.190. The third kappa shape index (κ3) is 5.19. The fourth-order valence-electron chi connectivity index (χ4n) is 3.19. The number of carbonyl (C=O) groups excluding carboxylic acids is 2. The van der Waals surface area contributed by atoms with Gasteiger partial charge in [-0.05, 0) is 18.8 Å². The number of carbonyl (C=O) groups is 2. The lowest BCUT2D eigenvalue weighted by Crippen LogP contribution is -2.50. The van der Waals surface area contributed by atoms with Crippen molar-refractivity contribution < 1.29 is 14.3 Å². The first-order chi connectivity index (χ1) is 10.2. The zero-order chi connectivity index (χ0) is 15.1. The Labute approximate surface area is 126 Å². The number of amides is 2. The zero-order valence-corrected chi connectivity index (χ0v) is 13.0. The van der Waals surface area contributed by atoms with Crippen LogP contribution in [0.15, 0.2) is 0 Å². The molecule has 0 bridgehead atoms. The third-order valence-corrected chi connectivity index (χ3v) is 4.50. The van der Waals surface area contributed by atoms with E-state index in [1.807, 2.05) is 0 Å². The molecule has 1 saturated carbocycles. The lowest BCUT2D eigenvalue weighted by molar-refractivity contribution is -0.122. The van der Waals surface area contributed by atoms with Crippen LogP contribution in [0, 0.1) is 5.92 Å². The van der Waals surface area contributed by atoms with Crippen LogP contribution in [0.4, 0.5) is 4.79 Å². The minimum atomic E-state index is -0.250. The maximum atomic E-state index is 11.8. The van der Waals surface area contributed by atoms with Crippen molar-refractivity contribution in [1.82, 2.24) is 15.1 Å². The number of nitrogens with one attached hydrogen (secondary N) is 1. The van der Waals surface area contributed by atoms with Crippen molar-refractivity contribution in [3.63, 3.8) is 0 Å². The number of rotatable bonds is 5. The molecule has 2 amide bonds. The fourth-order valence-corrected chi connectivity index (χ4v) is 3.19. The maximum Gasteiger partial charge on any atom is 0.409 e. The second-order valence-electron chi connectivity index (χ2n) is 6.00. The Kier molecular flexibility index (Phi) is 6.29. The average Bonchev–Trinajstić information content (AvgIpc) is 3.00. The molecule has 2 fully saturated rings. The normalized spacial score (nSPS) is 20.5. The highest BCUT2D eigenvalue weighted by Gasteiger charge is 2.21. The molecule has 1 saturated heterocycles. The number of methoxy groups -OCH3 is 1. The largest absolute Gasteiger partial charge is 0.453 e. The standard InChI is InChI=1S/C15H27N3O3/c1-21-15(20)18-10-8-17(9-11-18)7-6-16-14(19)12-13-4-2-3-5-13/h13H,2-12H2,1H3,(H,16,19). The van der Waals surface area contributed by atoms with Gasteiger partial charge in [0, 0.05) is 45.7 Å².